The Hall–Kier alpha value is -3.44. The van der Waals surface area contributed by atoms with E-state index in [1.165, 1.54) is 12.1 Å². The minimum absolute atomic E-state index is 0.242. The highest BCUT2D eigenvalue weighted by Gasteiger charge is 2.18. The van der Waals surface area contributed by atoms with Crippen molar-refractivity contribution >= 4 is 0 Å². The molecule has 0 bridgehead atoms. The van der Waals surface area contributed by atoms with Crippen molar-refractivity contribution in [1.82, 2.24) is 5.16 Å². The molecule has 0 radical (unpaired) electrons. The Morgan fingerprint density at radius 1 is 0.815 bits per heavy atom. The van der Waals surface area contributed by atoms with E-state index in [-0.39, 0.29) is 12.4 Å². The molecule has 27 heavy (non-hydrogen) atoms. The Morgan fingerprint density at radius 2 is 1.44 bits per heavy atom. The Labute approximate surface area is 155 Å². The molecular formula is C22H16FNO3. The van der Waals surface area contributed by atoms with Gasteiger partial charge in [-0.25, -0.2) is 4.39 Å². The third-order valence-electron chi connectivity index (χ3n) is 4.16. The maximum atomic E-state index is 13.1. The number of nitrogens with zero attached hydrogens (tertiary/aromatic N) is 1. The fourth-order valence-corrected chi connectivity index (χ4v) is 2.82. The molecule has 4 rings (SSSR count). The molecule has 134 valence electrons. The molecule has 1 heterocycles. The van der Waals surface area contributed by atoms with Crippen LogP contribution in [0.4, 0.5) is 4.39 Å². The lowest BCUT2D eigenvalue weighted by Gasteiger charge is -2.06. The Kier molecular flexibility index (Phi) is 4.68. The second-order valence-corrected chi connectivity index (χ2v) is 5.94. The van der Waals surface area contributed by atoms with E-state index in [9.17, 15) is 9.50 Å². The van der Waals surface area contributed by atoms with Gasteiger partial charge in [0.05, 0.1) is 12.2 Å². The number of aromatic nitrogens is 1. The number of hydrogen-bond acceptors (Lipinski definition) is 4. The van der Waals surface area contributed by atoms with Crippen LogP contribution in [0.15, 0.2) is 83.4 Å². The van der Waals surface area contributed by atoms with Crippen LogP contribution in [0.2, 0.25) is 0 Å². The maximum absolute atomic E-state index is 13.1. The van der Waals surface area contributed by atoms with Crippen LogP contribution in [0.1, 0.15) is 5.56 Å². The number of para-hydroxylation sites is 1. The van der Waals surface area contributed by atoms with Crippen molar-refractivity contribution in [3.63, 3.8) is 0 Å². The van der Waals surface area contributed by atoms with Crippen LogP contribution in [0, 0.1) is 5.82 Å². The highest BCUT2D eigenvalue weighted by Crippen LogP contribution is 2.33. The minimum Gasteiger partial charge on any atom is -0.457 e. The lowest BCUT2D eigenvalue weighted by molar-refractivity contribution is 0.281. The summed E-state index contributed by atoms with van der Waals surface area (Å²) >= 11 is 0. The maximum Gasteiger partial charge on any atom is 0.173 e. The molecule has 1 aromatic heterocycles. The lowest BCUT2D eigenvalue weighted by atomic mass is 10.0. The van der Waals surface area contributed by atoms with Gasteiger partial charge in [0.15, 0.2) is 5.76 Å². The summed E-state index contributed by atoms with van der Waals surface area (Å²) in [5, 5.41) is 13.9. The first-order valence-corrected chi connectivity index (χ1v) is 8.43. The van der Waals surface area contributed by atoms with Gasteiger partial charge in [-0.2, -0.15) is 0 Å². The van der Waals surface area contributed by atoms with Crippen molar-refractivity contribution in [3.8, 4) is 34.1 Å². The summed E-state index contributed by atoms with van der Waals surface area (Å²) in [5.41, 5.74) is 2.54. The van der Waals surface area contributed by atoms with E-state index >= 15 is 0 Å². The van der Waals surface area contributed by atoms with E-state index in [4.69, 9.17) is 9.26 Å². The normalized spacial score (nSPS) is 10.7. The van der Waals surface area contributed by atoms with Gasteiger partial charge in [-0.1, -0.05) is 23.4 Å². The predicted octanol–water partition coefficient (Wildman–Crippen LogP) is 5.43. The number of rotatable bonds is 5. The summed E-state index contributed by atoms with van der Waals surface area (Å²) in [4.78, 5) is 0. The molecule has 5 heteroatoms. The average molecular weight is 361 g/mol. The molecule has 0 amide bonds. The molecule has 0 atom stereocenters. The quantitative estimate of drug-likeness (QED) is 0.515. The van der Waals surface area contributed by atoms with Crippen LogP contribution in [0.5, 0.6) is 11.5 Å². The molecule has 0 spiro atoms. The molecule has 0 saturated carbocycles. The molecule has 0 fully saturated rings. The van der Waals surface area contributed by atoms with Gasteiger partial charge in [0, 0.05) is 11.1 Å². The molecule has 4 aromatic rings. The van der Waals surface area contributed by atoms with Gasteiger partial charge in [-0.15, -0.1) is 0 Å². The monoisotopic (exact) mass is 361 g/mol. The van der Waals surface area contributed by atoms with Crippen molar-refractivity contribution in [2.75, 3.05) is 0 Å². The van der Waals surface area contributed by atoms with Gasteiger partial charge in [0.1, 0.15) is 23.0 Å². The minimum atomic E-state index is -0.335. The third-order valence-corrected chi connectivity index (χ3v) is 4.16. The molecule has 1 N–H and O–H groups in total. The second-order valence-electron chi connectivity index (χ2n) is 5.94. The van der Waals surface area contributed by atoms with Gasteiger partial charge in [0.25, 0.3) is 0 Å². The molecular weight excluding hydrogens is 345 g/mol. The van der Waals surface area contributed by atoms with Gasteiger partial charge in [-0.3, -0.25) is 0 Å². The summed E-state index contributed by atoms with van der Waals surface area (Å²) in [6, 6.07) is 22.7. The zero-order valence-corrected chi connectivity index (χ0v) is 14.3. The molecule has 0 aliphatic heterocycles. The van der Waals surface area contributed by atoms with Gasteiger partial charge < -0.3 is 14.4 Å². The largest absolute Gasteiger partial charge is 0.457 e. The van der Waals surface area contributed by atoms with Crippen LogP contribution < -0.4 is 4.74 Å². The molecule has 4 nitrogen and oxygen atoms in total. The topological polar surface area (TPSA) is 55.5 Å². The summed E-state index contributed by atoms with van der Waals surface area (Å²) < 4.78 is 24.4. The first-order valence-electron chi connectivity index (χ1n) is 8.43. The van der Waals surface area contributed by atoms with E-state index in [0.29, 0.717) is 28.3 Å². The van der Waals surface area contributed by atoms with Gasteiger partial charge in [-0.05, 0) is 60.7 Å². The number of benzene rings is 3. The van der Waals surface area contributed by atoms with Crippen LogP contribution in [-0.4, -0.2) is 10.3 Å². The number of hydrogen-bond donors (Lipinski definition) is 1. The first-order chi connectivity index (χ1) is 13.2. The zero-order chi connectivity index (χ0) is 18.6. The van der Waals surface area contributed by atoms with E-state index in [2.05, 4.69) is 5.16 Å². The molecule has 0 saturated heterocycles. The summed E-state index contributed by atoms with van der Waals surface area (Å²) in [6.45, 7) is -0.242. The lowest BCUT2D eigenvalue weighted by Crippen LogP contribution is -1.90. The third kappa shape index (κ3) is 3.59. The Morgan fingerprint density at radius 3 is 2.11 bits per heavy atom. The fourth-order valence-electron chi connectivity index (χ4n) is 2.82. The van der Waals surface area contributed by atoms with Gasteiger partial charge >= 0.3 is 0 Å². The van der Waals surface area contributed by atoms with Crippen molar-refractivity contribution in [2.24, 2.45) is 0 Å². The summed E-state index contributed by atoms with van der Waals surface area (Å²) in [6.07, 6.45) is 0. The smallest absolute Gasteiger partial charge is 0.173 e. The van der Waals surface area contributed by atoms with E-state index in [0.717, 1.165) is 11.3 Å². The van der Waals surface area contributed by atoms with Crippen LogP contribution in [0.25, 0.3) is 22.6 Å². The summed E-state index contributed by atoms with van der Waals surface area (Å²) in [5.74, 6) is 1.54. The predicted molar refractivity (Wildman–Crippen MR) is 99.8 cm³/mol. The highest BCUT2D eigenvalue weighted by atomic mass is 19.1. The number of aliphatic hydroxyl groups excluding tert-OH is 1. The number of ether oxygens (including phenoxy) is 1. The average Bonchev–Trinajstić information content (AvgIpc) is 3.14. The van der Waals surface area contributed by atoms with Crippen molar-refractivity contribution in [2.45, 2.75) is 6.61 Å². The summed E-state index contributed by atoms with van der Waals surface area (Å²) in [7, 11) is 0. The van der Waals surface area contributed by atoms with E-state index in [1.54, 1.807) is 12.1 Å². The van der Waals surface area contributed by atoms with Crippen molar-refractivity contribution < 1.29 is 18.8 Å². The molecule has 0 unspecified atom stereocenters. The second kappa shape index (κ2) is 7.43. The Balaban J connectivity index is 1.62. The number of halogens is 1. The molecule has 3 aromatic carbocycles. The number of aliphatic hydroxyl groups is 1. The van der Waals surface area contributed by atoms with Crippen molar-refractivity contribution in [3.05, 3.63) is 90.2 Å². The fraction of sp³-hybridized carbons (Fsp3) is 0.0455. The van der Waals surface area contributed by atoms with Crippen LogP contribution >= 0.6 is 0 Å². The van der Waals surface area contributed by atoms with Crippen LogP contribution in [-0.2, 0) is 6.61 Å². The SMILES string of the molecule is OCc1c(-c2ccc(Oc3ccccc3)cc2)noc1-c1ccc(F)cc1. The van der Waals surface area contributed by atoms with Crippen LogP contribution in [0.3, 0.4) is 0 Å². The Bertz CT molecular complexity index is 1030. The van der Waals surface area contributed by atoms with E-state index in [1.807, 2.05) is 54.6 Å². The standard InChI is InChI=1S/C22H16FNO3/c23-17-10-6-16(7-11-17)22-20(14-25)21(24-27-22)15-8-12-19(13-9-15)26-18-4-2-1-3-5-18/h1-13,25H,14H2. The van der Waals surface area contributed by atoms with Gasteiger partial charge in [0.2, 0.25) is 0 Å². The zero-order valence-electron chi connectivity index (χ0n) is 14.3. The van der Waals surface area contributed by atoms with E-state index < -0.39 is 0 Å². The molecule has 0 aliphatic carbocycles. The highest BCUT2D eigenvalue weighted by molar-refractivity contribution is 5.72. The molecule has 0 aliphatic rings. The van der Waals surface area contributed by atoms with Crippen molar-refractivity contribution in [1.29, 1.82) is 0 Å². The first kappa shape index (κ1) is 17.0.